The summed E-state index contributed by atoms with van der Waals surface area (Å²) in [5.74, 6) is -1.06. The lowest BCUT2D eigenvalue weighted by Crippen LogP contribution is -2.43. The van der Waals surface area contributed by atoms with Gasteiger partial charge in [-0.05, 0) is 37.8 Å². The van der Waals surface area contributed by atoms with E-state index in [2.05, 4.69) is 17.5 Å². The summed E-state index contributed by atoms with van der Waals surface area (Å²) < 4.78 is 0. The van der Waals surface area contributed by atoms with Gasteiger partial charge in [0.25, 0.3) is 0 Å². The number of aliphatic carboxylic acids is 1. The minimum atomic E-state index is -0.697. The van der Waals surface area contributed by atoms with Gasteiger partial charge in [0.05, 0.1) is 5.92 Å². The molecule has 1 saturated heterocycles. The van der Waals surface area contributed by atoms with Crippen LogP contribution in [0.4, 0.5) is 0 Å². The minimum Gasteiger partial charge on any atom is -0.481 e. The van der Waals surface area contributed by atoms with E-state index in [1.165, 1.54) is 0 Å². The van der Waals surface area contributed by atoms with Crippen molar-refractivity contribution in [2.75, 3.05) is 6.54 Å². The lowest BCUT2D eigenvalue weighted by molar-refractivity contribution is -0.141. The molecule has 1 aliphatic carbocycles. The second kappa shape index (κ2) is 5.30. The number of carboxylic acids is 1. The summed E-state index contributed by atoms with van der Waals surface area (Å²) in [5, 5.41) is 12.7. The summed E-state index contributed by atoms with van der Waals surface area (Å²) in [7, 11) is 0. The third-order valence-corrected chi connectivity index (χ3v) is 3.40. The quantitative estimate of drug-likeness (QED) is 0.767. The van der Waals surface area contributed by atoms with Gasteiger partial charge in [-0.2, -0.15) is 0 Å². The molecule has 1 aliphatic heterocycles. The molecule has 88 valence electrons. The van der Waals surface area contributed by atoms with Crippen LogP contribution in [0.2, 0.25) is 0 Å². The lowest BCUT2D eigenvalue weighted by Gasteiger charge is -2.30. The first-order valence-electron chi connectivity index (χ1n) is 6.12. The van der Waals surface area contributed by atoms with Crippen LogP contribution in [0.3, 0.4) is 0 Å². The molecule has 0 aromatic heterocycles. The molecule has 0 aromatic rings. The van der Waals surface area contributed by atoms with Gasteiger partial charge in [0.15, 0.2) is 0 Å². The molecule has 3 heteroatoms. The molecule has 1 fully saturated rings. The number of rotatable bonds is 3. The molecule has 3 nitrogen and oxygen atoms in total. The SMILES string of the molecule is O=C(O)C(C1=CCCC=C1)C1CCCCN1. The van der Waals surface area contributed by atoms with Crippen LogP contribution < -0.4 is 5.32 Å². The van der Waals surface area contributed by atoms with Gasteiger partial charge in [-0.15, -0.1) is 0 Å². The highest BCUT2D eigenvalue weighted by Crippen LogP contribution is 2.26. The monoisotopic (exact) mass is 221 g/mol. The zero-order valence-corrected chi connectivity index (χ0v) is 9.48. The van der Waals surface area contributed by atoms with E-state index >= 15 is 0 Å². The molecule has 0 saturated carbocycles. The van der Waals surface area contributed by atoms with Crippen LogP contribution in [0.1, 0.15) is 32.1 Å². The molecule has 0 spiro atoms. The Balaban J connectivity index is 2.12. The smallest absolute Gasteiger partial charge is 0.312 e. The first-order chi connectivity index (χ1) is 7.79. The van der Waals surface area contributed by atoms with Gasteiger partial charge in [0.2, 0.25) is 0 Å². The topological polar surface area (TPSA) is 49.3 Å². The first-order valence-corrected chi connectivity index (χ1v) is 6.12. The average Bonchev–Trinajstić information content (AvgIpc) is 2.31. The third kappa shape index (κ3) is 2.53. The molecular weight excluding hydrogens is 202 g/mol. The van der Waals surface area contributed by atoms with Crippen molar-refractivity contribution in [3.05, 3.63) is 23.8 Å². The molecule has 0 bridgehead atoms. The molecule has 2 aliphatic rings. The first kappa shape index (κ1) is 11.4. The van der Waals surface area contributed by atoms with E-state index in [9.17, 15) is 9.90 Å². The Bertz CT molecular complexity index is 314. The van der Waals surface area contributed by atoms with Crippen molar-refractivity contribution in [1.29, 1.82) is 0 Å². The number of piperidine rings is 1. The molecule has 2 rings (SSSR count). The Morgan fingerprint density at radius 3 is 2.88 bits per heavy atom. The molecule has 2 N–H and O–H groups in total. The Morgan fingerprint density at radius 2 is 2.31 bits per heavy atom. The molecule has 0 radical (unpaired) electrons. The zero-order chi connectivity index (χ0) is 11.4. The number of carboxylic acid groups (broad SMARTS) is 1. The highest BCUT2D eigenvalue weighted by Gasteiger charge is 2.31. The normalized spacial score (nSPS) is 27.2. The Morgan fingerprint density at radius 1 is 1.44 bits per heavy atom. The predicted octanol–water partition coefficient (Wildman–Crippen LogP) is 2.11. The number of allylic oxidation sites excluding steroid dienone is 3. The van der Waals surface area contributed by atoms with E-state index in [1.54, 1.807) is 0 Å². The van der Waals surface area contributed by atoms with E-state index < -0.39 is 5.97 Å². The van der Waals surface area contributed by atoms with Crippen molar-refractivity contribution in [1.82, 2.24) is 5.32 Å². The lowest BCUT2D eigenvalue weighted by atomic mass is 9.84. The number of hydrogen-bond acceptors (Lipinski definition) is 2. The van der Waals surface area contributed by atoms with E-state index in [1.807, 2.05) is 6.08 Å². The zero-order valence-electron chi connectivity index (χ0n) is 9.48. The molecular formula is C13H19NO2. The van der Waals surface area contributed by atoms with Crippen LogP contribution in [-0.2, 0) is 4.79 Å². The summed E-state index contributed by atoms with van der Waals surface area (Å²) in [6, 6.07) is 0.111. The van der Waals surface area contributed by atoms with Crippen molar-refractivity contribution in [2.45, 2.75) is 38.1 Å². The second-order valence-corrected chi connectivity index (χ2v) is 4.56. The number of nitrogens with one attached hydrogen (secondary N) is 1. The van der Waals surface area contributed by atoms with Crippen LogP contribution in [0.15, 0.2) is 23.8 Å². The van der Waals surface area contributed by atoms with Crippen LogP contribution >= 0.6 is 0 Å². The van der Waals surface area contributed by atoms with Crippen molar-refractivity contribution in [3.8, 4) is 0 Å². The van der Waals surface area contributed by atoms with Crippen LogP contribution in [0, 0.1) is 5.92 Å². The molecule has 0 amide bonds. The summed E-state index contributed by atoms with van der Waals surface area (Å²) in [4.78, 5) is 11.4. The van der Waals surface area contributed by atoms with Crippen molar-refractivity contribution in [2.24, 2.45) is 5.92 Å². The van der Waals surface area contributed by atoms with Crippen LogP contribution in [0.25, 0.3) is 0 Å². The summed E-state index contributed by atoms with van der Waals surface area (Å²) in [6.45, 7) is 0.950. The minimum absolute atomic E-state index is 0.111. The Labute approximate surface area is 96.2 Å². The molecule has 1 heterocycles. The molecule has 2 unspecified atom stereocenters. The van der Waals surface area contributed by atoms with Gasteiger partial charge in [0.1, 0.15) is 0 Å². The molecule has 2 atom stereocenters. The fraction of sp³-hybridized carbons (Fsp3) is 0.615. The Hall–Kier alpha value is -1.09. The van der Waals surface area contributed by atoms with Gasteiger partial charge in [0, 0.05) is 6.04 Å². The Kier molecular flexibility index (Phi) is 3.78. The maximum absolute atomic E-state index is 11.4. The standard InChI is InChI=1S/C13H19NO2/c15-13(16)12(10-6-2-1-3-7-10)11-8-4-5-9-14-11/h2,6-7,11-12,14H,1,3-5,8-9H2,(H,15,16). The van der Waals surface area contributed by atoms with Gasteiger partial charge in [-0.1, -0.05) is 24.6 Å². The second-order valence-electron chi connectivity index (χ2n) is 4.56. The van der Waals surface area contributed by atoms with E-state index in [0.29, 0.717) is 0 Å². The number of hydrogen-bond donors (Lipinski definition) is 2. The number of carbonyl (C=O) groups is 1. The maximum atomic E-state index is 11.4. The van der Waals surface area contributed by atoms with Crippen LogP contribution in [-0.4, -0.2) is 23.7 Å². The van der Waals surface area contributed by atoms with Crippen LogP contribution in [0.5, 0.6) is 0 Å². The largest absolute Gasteiger partial charge is 0.481 e. The summed E-state index contributed by atoms with van der Waals surface area (Å²) in [6.07, 6.45) is 11.4. The van der Waals surface area contributed by atoms with Crippen molar-refractivity contribution >= 4 is 5.97 Å². The van der Waals surface area contributed by atoms with Crippen molar-refractivity contribution < 1.29 is 9.90 Å². The highest BCUT2D eigenvalue weighted by molar-refractivity contribution is 5.75. The van der Waals surface area contributed by atoms with Gasteiger partial charge < -0.3 is 10.4 Å². The summed E-state index contributed by atoms with van der Waals surface area (Å²) >= 11 is 0. The fourth-order valence-electron chi connectivity index (χ4n) is 2.57. The van der Waals surface area contributed by atoms with E-state index in [-0.39, 0.29) is 12.0 Å². The molecule has 16 heavy (non-hydrogen) atoms. The van der Waals surface area contributed by atoms with Gasteiger partial charge in [-0.3, -0.25) is 4.79 Å². The predicted molar refractivity (Wildman–Crippen MR) is 63.2 cm³/mol. The van der Waals surface area contributed by atoms with Crippen molar-refractivity contribution in [3.63, 3.8) is 0 Å². The van der Waals surface area contributed by atoms with Gasteiger partial charge in [-0.25, -0.2) is 0 Å². The van der Waals surface area contributed by atoms with Gasteiger partial charge >= 0.3 is 5.97 Å². The summed E-state index contributed by atoms with van der Waals surface area (Å²) in [5.41, 5.74) is 0.984. The van der Waals surface area contributed by atoms with E-state index in [4.69, 9.17) is 0 Å². The average molecular weight is 221 g/mol. The highest BCUT2D eigenvalue weighted by atomic mass is 16.4. The third-order valence-electron chi connectivity index (χ3n) is 3.40. The maximum Gasteiger partial charge on any atom is 0.312 e. The van der Waals surface area contributed by atoms with E-state index in [0.717, 1.165) is 44.2 Å². The molecule has 0 aromatic carbocycles. The fourth-order valence-corrected chi connectivity index (χ4v) is 2.57.